The normalized spacial score (nSPS) is 19.3. The summed E-state index contributed by atoms with van der Waals surface area (Å²) in [5, 5.41) is 8.99. The van der Waals surface area contributed by atoms with Crippen LogP contribution in [0.5, 0.6) is 0 Å². The molecule has 164 valence electrons. The SMILES string of the molecule is CC(C)n1cnc(S(=O)(=O)N2CCN(c3ccc(N4CCCCCC4)nn3)CC2)c1. The van der Waals surface area contributed by atoms with Gasteiger partial charge in [0.25, 0.3) is 10.0 Å². The van der Waals surface area contributed by atoms with Crippen LogP contribution in [0.25, 0.3) is 0 Å². The Labute approximate surface area is 178 Å². The van der Waals surface area contributed by atoms with Crippen molar-refractivity contribution in [1.82, 2.24) is 24.1 Å². The molecule has 9 nitrogen and oxygen atoms in total. The third kappa shape index (κ3) is 4.44. The van der Waals surface area contributed by atoms with Crippen molar-refractivity contribution in [2.45, 2.75) is 50.6 Å². The fraction of sp³-hybridized carbons (Fsp3) is 0.650. The van der Waals surface area contributed by atoms with Crippen molar-refractivity contribution >= 4 is 21.7 Å². The zero-order valence-electron chi connectivity index (χ0n) is 17.8. The highest BCUT2D eigenvalue weighted by Gasteiger charge is 2.31. The molecule has 0 atom stereocenters. The summed E-state index contributed by atoms with van der Waals surface area (Å²) in [5.41, 5.74) is 0. The summed E-state index contributed by atoms with van der Waals surface area (Å²) in [6.45, 7) is 8.06. The van der Waals surface area contributed by atoms with Crippen molar-refractivity contribution in [3.63, 3.8) is 0 Å². The highest BCUT2D eigenvalue weighted by atomic mass is 32.2. The standard InChI is InChI=1S/C20H31N7O2S/c1-17(2)26-15-20(21-16-26)30(28,29)27-13-11-25(12-14-27)19-8-7-18(22-23-19)24-9-5-3-4-6-10-24/h7-8,15-17H,3-6,9-14H2,1-2H3. The Bertz CT molecular complexity index is 926. The molecule has 30 heavy (non-hydrogen) atoms. The van der Waals surface area contributed by atoms with Gasteiger partial charge >= 0.3 is 0 Å². The lowest BCUT2D eigenvalue weighted by atomic mass is 10.2. The molecule has 0 saturated carbocycles. The minimum atomic E-state index is -3.57. The molecular weight excluding hydrogens is 402 g/mol. The maximum absolute atomic E-state index is 12.9. The largest absolute Gasteiger partial charge is 0.355 e. The first kappa shape index (κ1) is 21.0. The first-order valence-electron chi connectivity index (χ1n) is 10.8. The van der Waals surface area contributed by atoms with Crippen LogP contribution in [0.4, 0.5) is 11.6 Å². The van der Waals surface area contributed by atoms with E-state index in [-0.39, 0.29) is 11.1 Å². The van der Waals surface area contributed by atoms with Gasteiger partial charge in [-0.15, -0.1) is 10.2 Å². The number of anilines is 2. The van der Waals surface area contributed by atoms with Gasteiger partial charge in [-0.05, 0) is 38.8 Å². The Kier molecular flexibility index (Phi) is 6.24. The second kappa shape index (κ2) is 8.89. The number of piperazine rings is 1. The molecule has 2 saturated heterocycles. The van der Waals surface area contributed by atoms with Crippen LogP contribution < -0.4 is 9.80 Å². The summed E-state index contributed by atoms with van der Waals surface area (Å²) in [6, 6.07) is 4.21. The number of sulfonamides is 1. The Balaban J connectivity index is 1.38. The molecule has 0 amide bonds. The van der Waals surface area contributed by atoms with Crippen LogP contribution in [0.1, 0.15) is 45.6 Å². The van der Waals surface area contributed by atoms with Gasteiger partial charge in [-0.3, -0.25) is 0 Å². The second-order valence-electron chi connectivity index (χ2n) is 8.29. The molecular formula is C20H31N7O2S. The molecule has 0 unspecified atom stereocenters. The van der Waals surface area contributed by atoms with E-state index in [0.29, 0.717) is 26.2 Å². The summed E-state index contributed by atoms with van der Waals surface area (Å²) >= 11 is 0. The van der Waals surface area contributed by atoms with Crippen LogP contribution in [0.2, 0.25) is 0 Å². The van der Waals surface area contributed by atoms with Gasteiger partial charge in [0, 0.05) is 51.5 Å². The lowest BCUT2D eigenvalue weighted by Crippen LogP contribution is -2.49. The van der Waals surface area contributed by atoms with Crippen molar-refractivity contribution in [3.8, 4) is 0 Å². The Morgan fingerprint density at radius 3 is 1.90 bits per heavy atom. The van der Waals surface area contributed by atoms with Gasteiger partial charge in [0.15, 0.2) is 16.7 Å². The summed E-state index contributed by atoms with van der Waals surface area (Å²) in [5.74, 6) is 1.73. The van der Waals surface area contributed by atoms with Crippen LogP contribution in [-0.2, 0) is 10.0 Å². The maximum atomic E-state index is 12.9. The Morgan fingerprint density at radius 1 is 0.833 bits per heavy atom. The summed E-state index contributed by atoms with van der Waals surface area (Å²) in [4.78, 5) is 8.52. The lowest BCUT2D eigenvalue weighted by molar-refractivity contribution is 0.382. The molecule has 0 bridgehead atoms. The molecule has 2 aromatic heterocycles. The summed E-state index contributed by atoms with van der Waals surface area (Å²) < 4.78 is 29.1. The molecule has 0 radical (unpaired) electrons. The van der Waals surface area contributed by atoms with E-state index < -0.39 is 10.0 Å². The second-order valence-corrected chi connectivity index (χ2v) is 10.2. The van der Waals surface area contributed by atoms with Crippen LogP contribution in [0.3, 0.4) is 0 Å². The van der Waals surface area contributed by atoms with Gasteiger partial charge in [-0.2, -0.15) is 4.31 Å². The number of nitrogens with zero attached hydrogens (tertiary/aromatic N) is 7. The molecule has 0 spiro atoms. The van der Waals surface area contributed by atoms with E-state index in [9.17, 15) is 8.42 Å². The molecule has 2 aromatic rings. The zero-order chi connectivity index (χ0) is 21.1. The third-order valence-corrected chi connectivity index (χ3v) is 7.69. The van der Waals surface area contributed by atoms with Gasteiger partial charge < -0.3 is 14.4 Å². The van der Waals surface area contributed by atoms with Gasteiger partial charge in [0.1, 0.15) is 0 Å². The zero-order valence-corrected chi connectivity index (χ0v) is 18.6. The summed E-state index contributed by atoms with van der Waals surface area (Å²) in [7, 11) is -3.57. The molecule has 4 heterocycles. The predicted molar refractivity (Wildman–Crippen MR) is 116 cm³/mol. The first-order valence-corrected chi connectivity index (χ1v) is 12.3. The molecule has 2 aliphatic heterocycles. The van der Waals surface area contributed by atoms with Crippen molar-refractivity contribution in [2.75, 3.05) is 49.1 Å². The first-order chi connectivity index (χ1) is 14.4. The van der Waals surface area contributed by atoms with E-state index in [1.165, 1.54) is 30.0 Å². The third-order valence-electron chi connectivity index (χ3n) is 5.91. The predicted octanol–water partition coefficient (Wildman–Crippen LogP) is 2.15. The number of aromatic nitrogens is 4. The van der Waals surface area contributed by atoms with E-state index in [0.717, 1.165) is 24.7 Å². The van der Waals surface area contributed by atoms with Crippen molar-refractivity contribution in [3.05, 3.63) is 24.7 Å². The molecule has 2 aliphatic rings. The fourth-order valence-corrected chi connectivity index (χ4v) is 5.32. The van der Waals surface area contributed by atoms with Crippen molar-refractivity contribution in [1.29, 1.82) is 0 Å². The van der Waals surface area contributed by atoms with E-state index in [1.54, 1.807) is 12.5 Å². The highest BCUT2D eigenvalue weighted by molar-refractivity contribution is 7.89. The van der Waals surface area contributed by atoms with E-state index in [4.69, 9.17) is 0 Å². The maximum Gasteiger partial charge on any atom is 0.262 e. The topological polar surface area (TPSA) is 87.5 Å². The summed E-state index contributed by atoms with van der Waals surface area (Å²) in [6.07, 6.45) is 8.17. The smallest absolute Gasteiger partial charge is 0.262 e. The fourth-order valence-electron chi connectivity index (χ4n) is 3.98. The Hall–Kier alpha value is -2.20. The van der Waals surface area contributed by atoms with Gasteiger partial charge in [0.2, 0.25) is 0 Å². The van der Waals surface area contributed by atoms with Gasteiger partial charge in [0.05, 0.1) is 6.33 Å². The van der Waals surface area contributed by atoms with Gasteiger partial charge in [-0.25, -0.2) is 13.4 Å². The van der Waals surface area contributed by atoms with Crippen molar-refractivity contribution in [2.24, 2.45) is 0 Å². The lowest BCUT2D eigenvalue weighted by Gasteiger charge is -2.34. The monoisotopic (exact) mass is 433 g/mol. The quantitative estimate of drug-likeness (QED) is 0.714. The Morgan fingerprint density at radius 2 is 1.40 bits per heavy atom. The highest BCUT2D eigenvalue weighted by Crippen LogP contribution is 2.22. The average Bonchev–Trinajstić information content (AvgIpc) is 3.12. The van der Waals surface area contributed by atoms with E-state index >= 15 is 0 Å². The molecule has 0 aliphatic carbocycles. The van der Waals surface area contributed by atoms with E-state index in [2.05, 4.69) is 25.0 Å². The number of rotatable bonds is 5. The van der Waals surface area contributed by atoms with Gasteiger partial charge in [-0.1, -0.05) is 12.8 Å². The van der Waals surface area contributed by atoms with Crippen LogP contribution in [0.15, 0.2) is 29.7 Å². The van der Waals surface area contributed by atoms with Crippen LogP contribution in [-0.4, -0.2) is 71.7 Å². The molecule has 0 aromatic carbocycles. The molecule has 0 N–H and O–H groups in total. The molecule has 10 heteroatoms. The minimum absolute atomic E-state index is 0.117. The number of imidazole rings is 1. The van der Waals surface area contributed by atoms with Crippen LogP contribution >= 0.6 is 0 Å². The van der Waals surface area contributed by atoms with E-state index in [1.807, 2.05) is 30.5 Å². The number of hydrogen-bond acceptors (Lipinski definition) is 7. The molecule has 2 fully saturated rings. The minimum Gasteiger partial charge on any atom is -0.355 e. The average molecular weight is 434 g/mol. The van der Waals surface area contributed by atoms with Crippen LogP contribution in [0, 0.1) is 0 Å². The number of hydrogen-bond donors (Lipinski definition) is 0. The molecule has 4 rings (SSSR count). The van der Waals surface area contributed by atoms with Crippen molar-refractivity contribution < 1.29 is 8.42 Å².